The first kappa shape index (κ1) is 12.6. The minimum absolute atomic E-state index is 0.0658. The molecule has 1 aromatic rings. The molecule has 5 N–H and O–H groups in total. The van der Waals surface area contributed by atoms with Gasteiger partial charge in [0.05, 0.1) is 12.4 Å². The van der Waals surface area contributed by atoms with Crippen LogP contribution in [-0.2, 0) is 4.74 Å². The van der Waals surface area contributed by atoms with E-state index in [0.717, 1.165) is 12.3 Å². The van der Waals surface area contributed by atoms with Crippen LogP contribution in [0.3, 0.4) is 0 Å². The number of aromatic nitrogens is 2. The number of alkyl halides is 2. The molecule has 0 unspecified atom stereocenters. The Balaban J connectivity index is 2.82. The van der Waals surface area contributed by atoms with Crippen molar-refractivity contribution in [2.45, 2.75) is 6.61 Å². The quantitative estimate of drug-likeness (QED) is 0.385. The lowest BCUT2D eigenvalue weighted by Crippen LogP contribution is -2.15. The molecule has 0 amide bonds. The van der Waals surface area contributed by atoms with Gasteiger partial charge in [-0.15, -0.1) is 0 Å². The van der Waals surface area contributed by atoms with E-state index in [1.54, 1.807) is 0 Å². The number of hydrogen-bond acceptors (Lipinski definition) is 5. The fourth-order valence-electron chi connectivity index (χ4n) is 0.877. The predicted octanol–water partition coefficient (Wildman–Crippen LogP) is -0.202. The highest BCUT2D eigenvalue weighted by atomic mass is 19.3. The summed E-state index contributed by atoms with van der Waals surface area (Å²) in [4.78, 5) is 20.4. The number of aromatic amines is 1. The van der Waals surface area contributed by atoms with E-state index in [4.69, 9.17) is 11.5 Å². The van der Waals surface area contributed by atoms with E-state index in [2.05, 4.69) is 19.7 Å². The largest absolute Gasteiger partial charge is 0.419 e. The number of halogens is 2. The summed E-state index contributed by atoms with van der Waals surface area (Å²) in [7, 11) is 0. The average Bonchev–Trinajstić information content (AvgIpc) is 2.14. The van der Waals surface area contributed by atoms with Crippen molar-refractivity contribution in [1.82, 2.24) is 9.97 Å². The van der Waals surface area contributed by atoms with E-state index in [-0.39, 0.29) is 11.7 Å². The Labute approximate surface area is 93.8 Å². The number of rotatable bonds is 4. The van der Waals surface area contributed by atoms with Gasteiger partial charge in [0.1, 0.15) is 5.84 Å². The van der Waals surface area contributed by atoms with Gasteiger partial charge in [-0.3, -0.25) is 9.78 Å². The van der Waals surface area contributed by atoms with Crippen molar-refractivity contribution in [3.05, 3.63) is 34.7 Å². The van der Waals surface area contributed by atoms with Gasteiger partial charge in [-0.25, -0.2) is 4.99 Å². The molecular weight excluding hydrogens is 236 g/mol. The van der Waals surface area contributed by atoms with Gasteiger partial charge in [-0.1, -0.05) is 0 Å². The zero-order valence-electron chi connectivity index (χ0n) is 8.43. The average molecular weight is 245 g/mol. The Morgan fingerprint density at radius 2 is 2.24 bits per heavy atom. The molecular formula is C8H9F2N5O2. The van der Waals surface area contributed by atoms with Crippen molar-refractivity contribution >= 4 is 11.7 Å². The monoisotopic (exact) mass is 245 g/mol. The fraction of sp³-hybridized carbons (Fsp3) is 0.125. The first-order valence-electron chi connectivity index (χ1n) is 4.28. The van der Waals surface area contributed by atoms with Gasteiger partial charge in [0.25, 0.3) is 5.56 Å². The van der Waals surface area contributed by atoms with Gasteiger partial charge in [0.2, 0.25) is 0 Å². The van der Waals surface area contributed by atoms with Crippen LogP contribution in [0.25, 0.3) is 0 Å². The van der Waals surface area contributed by atoms with Crippen molar-refractivity contribution in [3.8, 4) is 0 Å². The summed E-state index contributed by atoms with van der Waals surface area (Å²) < 4.78 is 27.3. The van der Waals surface area contributed by atoms with Gasteiger partial charge >= 0.3 is 6.61 Å². The fourth-order valence-corrected chi connectivity index (χ4v) is 0.877. The standard InChI is InChI=1S/C8H9F2N5O2/c9-8(10)17-5(12)1-4(11)14-6-2-13-3-7(16)15-6/h1-3,8H,12H2,(H3,11,14,15,16)/b5-1+. The van der Waals surface area contributed by atoms with Crippen molar-refractivity contribution in [1.29, 1.82) is 0 Å². The predicted molar refractivity (Wildman–Crippen MR) is 55.5 cm³/mol. The van der Waals surface area contributed by atoms with E-state index in [1.807, 2.05) is 0 Å². The molecule has 0 spiro atoms. The maximum Gasteiger partial charge on any atom is 0.388 e. The summed E-state index contributed by atoms with van der Waals surface area (Å²) in [5, 5.41) is 0. The minimum Gasteiger partial charge on any atom is -0.419 e. The Bertz CT molecular complexity index is 497. The number of nitrogens with one attached hydrogen (secondary N) is 1. The molecule has 17 heavy (non-hydrogen) atoms. The van der Waals surface area contributed by atoms with Gasteiger partial charge < -0.3 is 21.2 Å². The first-order valence-corrected chi connectivity index (χ1v) is 4.28. The third-order valence-electron chi connectivity index (χ3n) is 1.40. The lowest BCUT2D eigenvalue weighted by atomic mass is 10.5. The maximum atomic E-state index is 11.7. The number of nitrogens with two attached hydrogens (primary N) is 2. The molecule has 0 saturated heterocycles. The van der Waals surface area contributed by atoms with Crippen molar-refractivity contribution in [3.63, 3.8) is 0 Å². The SMILES string of the molecule is N/C(=C\C(N)=N/c1cncc(=O)[nH]1)OC(F)F. The molecule has 0 bridgehead atoms. The maximum absolute atomic E-state index is 11.7. The molecule has 1 aromatic heterocycles. The first-order chi connectivity index (χ1) is 7.97. The van der Waals surface area contributed by atoms with Crippen LogP contribution in [-0.4, -0.2) is 22.4 Å². The number of ether oxygens (including phenoxy) is 1. The second kappa shape index (κ2) is 5.58. The number of H-pyrrole nitrogens is 1. The summed E-state index contributed by atoms with van der Waals surface area (Å²) in [5.74, 6) is -0.740. The van der Waals surface area contributed by atoms with Crippen LogP contribution in [0, 0.1) is 0 Å². The number of amidine groups is 1. The zero-order chi connectivity index (χ0) is 12.8. The Hall–Kier alpha value is -2.45. The lowest BCUT2D eigenvalue weighted by Gasteiger charge is -2.02. The van der Waals surface area contributed by atoms with Crippen LogP contribution >= 0.6 is 0 Å². The molecule has 1 rings (SSSR count). The molecule has 0 saturated carbocycles. The van der Waals surface area contributed by atoms with Crippen molar-refractivity contribution < 1.29 is 13.5 Å². The van der Waals surface area contributed by atoms with E-state index >= 15 is 0 Å². The molecule has 0 aliphatic rings. The van der Waals surface area contributed by atoms with Gasteiger partial charge in [0, 0.05) is 6.08 Å². The van der Waals surface area contributed by atoms with Crippen LogP contribution in [0.2, 0.25) is 0 Å². The molecule has 9 heteroatoms. The zero-order valence-corrected chi connectivity index (χ0v) is 8.43. The number of nitrogens with zero attached hydrogens (tertiary/aromatic N) is 2. The Kier molecular flexibility index (Phi) is 4.14. The molecule has 92 valence electrons. The van der Waals surface area contributed by atoms with Gasteiger partial charge in [-0.05, 0) is 0 Å². The second-order valence-corrected chi connectivity index (χ2v) is 2.74. The molecule has 0 aliphatic heterocycles. The molecule has 0 fully saturated rings. The van der Waals surface area contributed by atoms with Crippen LogP contribution in [0.4, 0.5) is 14.6 Å². The van der Waals surface area contributed by atoms with Crippen LogP contribution in [0.1, 0.15) is 0 Å². The highest BCUT2D eigenvalue weighted by Gasteiger charge is 2.03. The topological polar surface area (TPSA) is 119 Å². The van der Waals surface area contributed by atoms with Crippen LogP contribution in [0.5, 0.6) is 0 Å². The van der Waals surface area contributed by atoms with Gasteiger partial charge in [0.15, 0.2) is 11.7 Å². The summed E-state index contributed by atoms with van der Waals surface area (Å²) in [6.07, 6.45) is 3.16. The lowest BCUT2D eigenvalue weighted by molar-refractivity contribution is -0.0966. The summed E-state index contributed by atoms with van der Waals surface area (Å²) >= 11 is 0. The van der Waals surface area contributed by atoms with Crippen LogP contribution in [0.15, 0.2) is 34.1 Å². The summed E-state index contributed by atoms with van der Waals surface area (Å²) in [5.41, 5.74) is 9.95. The summed E-state index contributed by atoms with van der Waals surface area (Å²) in [6, 6.07) is 0. The highest BCUT2D eigenvalue weighted by molar-refractivity contribution is 5.93. The number of hydrogen-bond donors (Lipinski definition) is 3. The van der Waals surface area contributed by atoms with E-state index in [9.17, 15) is 13.6 Å². The van der Waals surface area contributed by atoms with Gasteiger partial charge in [-0.2, -0.15) is 8.78 Å². The minimum atomic E-state index is -3.04. The molecule has 1 heterocycles. The van der Waals surface area contributed by atoms with E-state index in [0.29, 0.717) is 0 Å². The van der Waals surface area contributed by atoms with E-state index < -0.39 is 18.1 Å². The van der Waals surface area contributed by atoms with Crippen molar-refractivity contribution in [2.75, 3.05) is 0 Å². The molecule has 0 aliphatic carbocycles. The smallest absolute Gasteiger partial charge is 0.388 e. The molecule has 0 atom stereocenters. The highest BCUT2D eigenvalue weighted by Crippen LogP contribution is 2.03. The third kappa shape index (κ3) is 4.73. The van der Waals surface area contributed by atoms with E-state index in [1.165, 1.54) is 6.20 Å². The molecule has 7 nitrogen and oxygen atoms in total. The third-order valence-corrected chi connectivity index (χ3v) is 1.40. The van der Waals surface area contributed by atoms with Crippen molar-refractivity contribution in [2.24, 2.45) is 16.5 Å². The van der Waals surface area contributed by atoms with Crippen LogP contribution < -0.4 is 17.0 Å². The normalized spacial score (nSPS) is 12.9. The number of aliphatic imine (C=N–C) groups is 1. The Morgan fingerprint density at radius 3 is 2.82 bits per heavy atom. The molecule has 0 radical (unpaired) electrons. The summed E-state index contributed by atoms with van der Waals surface area (Å²) in [6.45, 7) is -3.04. The Morgan fingerprint density at radius 1 is 1.53 bits per heavy atom. The molecule has 0 aromatic carbocycles. The second-order valence-electron chi connectivity index (χ2n) is 2.74.